The van der Waals surface area contributed by atoms with Crippen molar-refractivity contribution in [2.45, 2.75) is 33.1 Å². The molecular weight excluding hydrogens is 162 g/mol. The molecule has 0 aliphatic carbocycles. The Bertz CT molecular complexity index is 299. The Kier molecular flexibility index (Phi) is 2.62. The fraction of sp³-hybridized carbons (Fsp3) is 0.455. The van der Waals surface area contributed by atoms with E-state index < -0.39 is 0 Å². The molecule has 13 heavy (non-hydrogen) atoms. The van der Waals surface area contributed by atoms with Crippen LogP contribution < -0.4 is 10.7 Å². The normalized spacial score (nSPS) is 11.5. The number of nitrogens with two attached hydrogens (primary N) is 1. The molecule has 2 heteroatoms. The molecule has 0 aromatic heterocycles. The highest BCUT2D eigenvalue weighted by Crippen LogP contribution is 2.32. The number of benzene rings is 1. The number of hydrogen-bond acceptors (Lipinski definition) is 2. The lowest BCUT2D eigenvalue weighted by Crippen LogP contribution is -2.16. The lowest BCUT2D eigenvalue weighted by molar-refractivity contribution is 0.321. The maximum absolute atomic E-state index is 5.25. The summed E-state index contributed by atoms with van der Waals surface area (Å²) in [5, 5.41) is 0. The van der Waals surface area contributed by atoms with Crippen molar-refractivity contribution >= 4 is 0 Å². The summed E-state index contributed by atoms with van der Waals surface area (Å²) in [6.45, 7) is 8.43. The first-order valence-corrected chi connectivity index (χ1v) is 4.43. The molecule has 0 unspecified atom stereocenters. The van der Waals surface area contributed by atoms with Crippen LogP contribution in [0.4, 0.5) is 0 Å². The van der Waals surface area contributed by atoms with Gasteiger partial charge in [0.05, 0.1) is 0 Å². The molecule has 0 saturated carbocycles. The van der Waals surface area contributed by atoms with E-state index in [4.69, 9.17) is 10.7 Å². The third-order valence-corrected chi connectivity index (χ3v) is 2.14. The summed E-state index contributed by atoms with van der Waals surface area (Å²) in [7, 11) is 0. The van der Waals surface area contributed by atoms with Crippen LogP contribution in [0.25, 0.3) is 0 Å². The van der Waals surface area contributed by atoms with Crippen molar-refractivity contribution in [2.24, 2.45) is 5.90 Å². The summed E-state index contributed by atoms with van der Waals surface area (Å²) in [6, 6.07) is 6.07. The first-order valence-electron chi connectivity index (χ1n) is 4.43. The molecular formula is C11H17NO. The van der Waals surface area contributed by atoms with Crippen molar-refractivity contribution < 1.29 is 4.84 Å². The predicted molar refractivity (Wildman–Crippen MR) is 54.7 cm³/mol. The van der Waals surface area contributed by atoms with Gasteiger partial charge in [0.25, 0.3) is 0 Å². The van der Waals surface area contributed by atoms with Gasteiger partial charge in [-0.05, 0) is 17.9 Å². The largest absolute Gasteiger partial charge is 0.411 e. The average molecular weight is 179 g/mol. The molecule has 0 bridgehead atoms. The minimum atomic E-state index is 0.0702. The first kappa shape index (κ1) is 10.1. The molecule has 1 rings (SSSR count). The zero-order chi connectivity index (χ0) is 10.1. The van der Waals surface area contributed by atoms with E-state index in [0.29, 0.717) is 0 Å². The summed E-state index contributed by atoms with van der Waals surface area (Å²) >= 11 is 0. The monoisotopic (exact) mass is 179 g/mol. The second-order valence-electron chi connectivity index (χ2n) is 4.32. The smallest absolute Gasteiger partial charge is 0.153 e. The fourth-order valence-electron chi connectivity index (χ4n) is 1.40. The highest BCUT2D eigenvalue weighted by molar-refractivity contribution is 5.44. The van der Waals surface area contributed by atoms with Crippen molar-refractivity contribution in [1.29, 1.82) is 0 Å². The fourth-order valence-corrected chi connectivity index (χ4v) is 1.40. The molecule has 0 saturated heterocycles. The Hall–Kier alpha value is -1.02. The Morgan fingerprint density at radius 2 is 1.85 bits per heavy atom. The van der Waals surface area contributed by atoms with Crippen LogP contribution in [0.15, 0.2) is 18.2 Å². The zero-order valence-electron chi connectivity index (χ0n) is 8.72. The van der Waals surface area contributed by atoms with Crippen LogP contribution in [0.1, 0.15) is 31.9 Å². The Balaban J connectivity index is 3.29. The number of aryl methyl sites for hydroxylation is 1. The number of rotatable bonds is 1. The SMILES string of the molecule is Cc1cccc(C(C)(C)C)c1ON. The van der Waals surface area contributed by atoms with Gasteiger partial charge in [-0.2, -0.15) is 5.90 Å². The van der Waals surface area contributed by atoms with E-state index in [-0.39, 0.29) is 5.41 Å². The quantitative estimate of drug-likeness (QED) is 0.672. The van der Waals surface area contributed by atoms with Crippen LogP contribution >= 0.6 is 0 Å². The second-order valence-corrected chi connectivity index (χ2v) is 4.32. The van der Waals surface area contributed by atoms with Gasteiger partial charge in [-0.15, -0.1) is 0 Å². The lowest BCUT2D eigenvalue weighted by atomic mass is 9.85. The third kappa shape index (κ3) is 2.01. The van der Waals surface area contributed by atoms with Crippen molar-refractivity contribution in [3.63, 3.8) is 0 Å². The van der Waals surface area contributed by atoms with Crippen LogP contribution in [0, 0.1) is 6.92 Å². The summed E-state index contributed by atoms with van der Waals surface area (Å²) in [5.41, 5.74) is 2.30. The molecule has 0 radical (unpaired) electrons. The molecule has 0 spiro atoms. The molecule has 0 aliphatic rings. The summed E-state index contributed by atoms with van der Waals surface area (Å²) < 4.78 is 0. The van der Waals surface area contributed by atoms with E-state index >= 15 is 0 Å². The zero-order valence-corrected chi connectivity index (χ0v) is 8.72. The predicted octanol–water partition coefficient (Wildman–Crippen LogP) is 2.55. The van der Waals surface area contributed by atoms with E-state index in [9.17, 15) is 0 Å². The average Bonchev–Trinajstić information content (AvgIpc) is 2.02. The van der Waals surface area contributed by atoms with Crippen molar-refractivity contribution in [2.75, 3.05) is 0 Å². The minimum absolute atomic E-state index is 0.0702. The van der Waals surface area contributed by atoms with Gasteiger partial charge in [0, 0.05) is 5.56 Å². The van der Waals surface area contributed by atoms with E-state index in [2.05, 4.69) is 26.8 Å². The molecule has 0 heterocycles. The molecule has 0 amide bonds. The van der Waals surface area contributed by atoms with Gasteiger partial charge < -0.3 is 4.84 Å². The number of para-hydroxylation sites is 1. The standard InChI is InChI=1S/C11H17NO/c1-8-6-5-7-9(10(8)13-12)11(2,3)4/h5-7H,12H2,1-4H3. The van der Waals surface area contributed by atoms with Gasteiger partial charge in [-0.1, -0.05) is 39.0 Å². The summed E-state index contributed by atoms with van der Waals surface area (Å²) in [5.74, 6) is 6.05. The van der Waals surface area contributed by atoms with E-state index in [1.165, 1.54) is 0 Å². The van der Waals surface area contributed by atoms with E-state index in [1.807, 2.05) is 19.1 Å². The third-order valence-electron chi connectivity index (χ3n) is 2.14. The van der Waals surface area contributed by atoms with Crippen LogP contribution in [0.3, 0.4) is 0 Å². The molecule has 0 fully saturated rings. The summed E-state index contributed by atoms with van der Waals surface area (Å²) in [6.07, 6.45) is 0. The lowest BCUT2D eigenvalue weighted by Gasteiger charge is -2.22. The van der Waals surface area contributed by atoms with E-state index in [1.54, 1.807) is 0 Å². The number of hydrogen-bond donors (Lipinski definition) is 1. The molecule has 1 aromatic rings. The Labute approximate surface area is 79.7 Å². The van der Waals surface area contributed by atoms with Gasteiger partial charge in [0.1, 0.15) is 0 Å². The molecule has 1 aromatic carbocycles. The molecule has 72 valence electrons. The maximum Gasteiger partial charge on any atom is 0.153 e. The van der Waals surface area contributed by atoms with Crippen LogP contribution in [-0.4, -0.2) is 0 Å². The van der Waals surface area contributed by atoms with Gasteiger partial charge >= 0.3 is 0 Å². The summed E-state index contributed by atoms with van der Waals surface area (Å²) in [4.78, 5) is 4.90. The Morgan fingerprint density at radius 1 is 1.23 bits per heavy atom. The molecule has 0 atom stereocenters. The van der Waals surface area contributed by atoms with Gasteiger partial charge in [-0.25, -0.2) is 0 Å². The maximum atomic E-state index is 5.25. The minimum Gasteiger partial charge on any atom is -0.411 e. The van der Waals surface area contributed by atoms with Crippen LogP contribution in [-0.2, 0) is 5.41 Å². The van der Waals surface area contributed by atoms with E-state index in [0.717, 1.165) is 16.9 Å². The first-order chi connectivity index (χ1) is 5.96. The van der Waals surface area contributed by atoms with Crippen LogP contribution in [0.2, 0.25) is 0 Å². The van der Waals surface area contributed by atoms with Crippen LogP contribution in [0.5, 0.6) is 5.75 Å². The highest BCUT2D eigenvalue weighted by atomic mass is 16.6. The molecule has 2 N–H and O–H groups in total. The Morgan fingerprint density at radius 3 is 2.23 bits per heavy atom. The molecule has 0 aliphatic heterocycles. The second kappa shape index (κ2) is 3.38. The van der Waals surface area contributed by atoms with Crippen molar-refractivity contribution in [3.05, 3.63) is 29.3 Å². The van der Waals surface area contributed by atoms with Gasteiger partial charge in [0.2, 0.25) is 0 Å². The van der Waals surface area contributed by atoms with Gasteiger partial charge in [0.15, 0.2) is 5.75 Å². The van der Waals surface area contributed by atoms with Gasteiger partial charge in [-0.3, -0.25) is 0 Å². The highest BCUT2D eigenvalue weighted by Gasteiger charge is 2.19. The van der Waals surface area contributed by atoms with Crippen molar-refractivity contribution in [1.82, 2.24) is 0 Å². The molecule has 2 nitrogen and oxygen atoms in total. The topological polar surface area (TPSA) is 35.2 Å². The van der Waals surface area contributed by atoms with Crippen molar-refractivity contribution in [3.8, 4) is 5.75 Å².